The first-order valence-electron chi connectivity index (χ1n) is 5.28. The van der Waals surface area contributed by atoms with Crippen molar-refractivity contribution in [2.24, 2.45) is 0 Å². The van der Waals surface area contributed by atoms with E-state index in [-0.39, 0.29) is 11.6 Å². The van der Waals surface area contributed by atoms with Gasteiger partial charge >= 0.3 is 0 Å². The average molecular weight is 220 g/mol. The molecule has 2 aliphatic heterocycles. The lowest BCUT2D eigenvalue weighted by Gasteiger charge is -2.19. The van der Waals surface area contributed by atoms with Crippen molar-refractivity contribution < 1.29 is 13.9 Å². The van der Waals surface area contributed by atoms with Crippen LogP contribution in [0.4, 0.5) is 4.39 Å². The molecule has 2 heterocycles. The molecule has 0 saturated carbocycles. The fraction of sp³-hybridized carbons (Fsp3) is 0.385. The van der Waals surface area contributed by atoms with Gasteiger partial charge in [0.05, 0.1) is 7.11 Å². The number of hydrogen-bond donors (Lipinski definition) is 0. The second kappa shape index (κ2) is 2.66. The second-order valence-electron chi connectivity index (χ2n) is 4.65. The molecule has 2 nitrogen and oxygen atoms in total. The maximum absolute atomic E-state index is 14.2. The summed E-state index contributed by atoms with van der Waals surface area (Å²) in [5.41, 5.74) is 0.368. The van der Waals surface area contributed by atoms with Gasteiger partial charge in [-0.3, -0.25) is 0 Å². The Labute approximate surface area is 93.7 Å². The molecule has 2 bridgehead atoms. The summed E-state index contributed by atoms with van der Waals surface area (Å²) in [4.78, 5) is 0. The molecule has 0 spiro atoms. The predicted octanol–water partition coefficient (Wildman–Crippen LogP) is 2.86. The Morgan fingerprint density at radius 3 is 2.56 bits per heavy atom. The van der Waals surface area contributed by atoms with Gasteiger partial charge < -0.3 is 9.47 Å². The normalized spacial score (nSPS) is 34.2. The zero-order valence-electron chi connectivity index (χ0n) is 9.50. The van der Waals surface area contributed by atoms with Gasteiger partial charge in [-0.05, 0) is 37.6 Å². The third-order valence-electron chi connectivity index (χ3n) is 3.50. The molecule has 16 heavy (non-hydrogen) atoms. The minimum Gasteiger partial charge on any atom is -0.494 e. The van der Waals surface area contributed by atoms with Crippen molar-refractivity contribution in [1.82, 2.24) is 0 Å². The van der Waals surface area contributed by atoms with Crippen molar-refractivity contribution in [1.29, 1.82) is 0 Å². The van der Waals surface area contributed by atoms with Gasteiger partial charge in [0.25, 0.3) is 0 Å². The van der Waals surface area contributed by atoms with Crippen LogP contribution in [-0.2, 0) is 15.9 Å². The molecule has 0 saturated heterocycles. The summed E-state index contributed by atoms with van der Waals surface area (Å²) in [7, 11) is 1.47. The van der Waals surface area contributed by atoms with Crippen LogP contribution in [0.3, 0.4) is 0 Å². The van der Waals surface area contributed by atoms with Gasteiger partial charge in [-0.15, -0.1) is 0 Å². The third-order valence-corrected chi connectivity index (χ3v) is 3.50. The molecule has 0 amide bonds. The summed E-state index contributed by atoms with van der Waals surface area (Å²) < 4.78 is 25.1. The Balaban J connectivity index is 2.32. The number of rotatable bonds is 1. The highest BCUT2D eigenvalue weighted by Gasteiger charge is 2.52. The van der Waals surface area contributed by atoms with E-state index in [1.807, 2.05) is 32.1 Å². The van der Waals surface area contributed by atoms with Crippen molar-refractivity contribution in [2.75, 3.05) is 7.11 Å². The Bertz CT molecular complexity index is 509. The highest BCUT2D eigenvalue weighted by Crippen LogP contribution is 2.55. The Morgan fingerprint density at radius 1 is 1.19 bits per heavy atom. The average Bonchev–Trinajstić information content (AvgIpc) is 2.66. The summed E-state index contributed by atoms with van der Waals surface area (Å²) >= 11 is 0. The maximum Gasteiger partial charge on any atom is 0.171 e. The van der Waals surface area contributed by atoms with Crippen LogP contribution in [0.25, 0.3) is 0 Å². The van der Waals surface area contributed by atoms with Crippen LogP contribution >= 0.6 is 0 Å². The van der Waals surface area contributed by atoms with E-state index >= 15 is 0 Å². The molecule has 0 radical (unpaired) electrons. The van der Waals surface area contributed by atoms with Crippen LogP contribution in [0.15, 0.2) is 24.3 Å². The van der Waals surface area contributed by atoms with Crippen LogP contribution in [0.2, 0.25) is 0 Å². The molecule has 3 rings (SSSR count). The van der Waals surface area contributed by atoms with Crippen LogP contribution in [0.1, 0.15) is 25.0 Å². The van der Waals surface area contributed by atoms with Crippen LogP contribution in [0, 0.1) is 5.82 Å². The molecule has 2 aliphatic rings. The fourth-order valence-electron chi connectivity index (χ4n) is 2.72. The van der Waals surface area contributed by atoms with Gasteiger partial charge in [0, 0.05) is 5.56 Å². The molecule has 1 aromatic rings. The molecule has 0 aromatic heterocycles. The molecule has 1 aromatic carbocycles. The predicted molar refractivity (Wildman–Crippen MR) is 57.9 cm³/mol. The second-order valence-corrected chi connectivity index (χ2v) is 4.65. The van der Waals surface area contributed by atoms with Crippen LogP contribution < -0.4 is 4.74 Å². The largest absolute Gasteiger partial charge is 0.494 e. The zero-order valence-corrected chi connectivity index (χ0v) is 9.50. The first-order valence-corrected chi connectivity index (χ1v) is 5.28. The van der Waals surface area contributed by atoms with E-state index in [0.717, 1.165) is 5.56 Å². The lowest BCUT2D eigenvalue weighted by Crippen LogP contribution is -2.18. The van der Waals surface area contributed by atoms with Crippen LogP contribution in [0.5, 0.6) is 5.75 Å². The van der Waals surface area contributed by atoms with Crippen molar-refractivity contribution in [3.05, 3.63) is 41.2 Å². The summed E-state index contributed by atoms with van der Waals surface area (Å²) in [5, 5.41) is 0. The standard InChI is InChI=1S/C13H13FO2/c1-12-6-7-13(2,16-12)10-8(12)4-5-9(15-3)11(10)14/h4-7H,1-3H3/t12-,13+/m0/s1. The van der Waals surface area contributed by atoms with E-state index < -0.39 is 11.2 Å². The van der Waals surface area contributed by atoms with E-state index in [0.29, 0.717) is 5.56 Å². The number of halogens is 1. The SMILES string of the molecule is COc1ccc2c(c1F)[C@@]1(C)C=C[C@]2(C)O1. The topological polar surface area (TPSA) is 18.5 Å². The molecule has 3 heteroatoms. The summed E-state index contributed by atoms with van der Waals surface area (Å²) in [6.45, 7) is 3.83. The van der Waals surface area contributed by atoms with E-state index in [4.69, 9.17) is 9.47 Å². The summed E-state index contributed by atoms with van der Waals surface area (Å²) in [6.07, 6.45) is 3.90. The minimum atomic E-state index is -0.650. The smallest absolute Gasteiger partial charge is 0.171 e. The lowest BCUT2D eigenvalue weighted by molar-refractivity contribution is -0.0504. The molecule has 0 aliphatic carbocycles. The van der Waals surface area contributed by atoms with E-state index in [2.05, 4.69) is 0 Å². The highest BCUT2D eigenvalue weighted by molar-refractivity contribution is 5.53. The lowest BCUT2D eigenvalue weighted by atomic mass is 9.83. The van der Waals surface area contributed by atoms with Crippen molar-refractivity contribution >= 4 is 0 Å². The fourth-order valence-corrected chi connectivity index (χ4v) is 2.72. The van der Waals surface area contributed by atoms with Gasteiger partial charge in [-0.1, -0.05) is 6.07 Å². The van der Waals surface area contributed by atoms with Gasteiger partial charge in [0.15, 0.2) is 11.6 Å². The molecule has 2 atom stereocenters. The van der Waals surface area contributed by atoms with E-state index in [9.17, 15) is 4.39 Å². The number of hydrogen-bond acceptors (Lipinski definition) is 2. The van der Waals surface area contributed by atoms with E-state index in [1.54, 1.807) is 6.07 Å². The first kappa shape index (κ1) is 9.85. The highest BCUT2D eigenvalue weighted by atomic mass is 19.1. The molecular weight excluding hydrogens is 207 g/mol. The van der Waals surface area contributed by atoms with Gasteiger partial charge in [-0.25, -0.2) is 4.39 Å². The number of fused-ring (bicyclic) bond motifs is 5. The van der Waals surface area contributed by atoms with E-state index in [1.165, 1.54) is 7.11 Å². The molecule has 0 unspecified atom stereocenters. The summed E-state index contributed by atoms with van der Waals surface area (Å²) in [5.74, 6) is -0.0382. The summed E-state index contributed by atoms with van der Waals surface area (Å²) in [6, 6.07) is 3.53. The molecule has 0 N–H and O–H groups in total. The van der Waals surface area contributed by atoms with Crippen molar-refractivity contribution in [2.45, 2.75) is 25.0 Å². The van der Waals surface area contributed by atoms with Gasteiger partial charge in [0.2, 0.25) is 0 Å². The van der Waals surface area contributed by atoms with Gasteiger partial charge in [0.1, 0.15) is 11.2 Å². The number of ether oxygens (including phenoxy) is 2. The van der Waals surface area contributed by atoms with Crippen molar-refractivity contribution in [3.63, 3.8) is 0 Å². The quantitative estimate of drug-likeness (QED) is 0.677. The van der Waals surface area contributed by atoms with Crippen molar-refractivity contribution in [3.8, 4) is 5.75 Å². The monoisotopic (exact) mass is 220 g/mol. The first-order chi connectivity index (χ1) is 7.50. The Hall–Kier alpha value is -1.35. The molecular formula is C13H13FO2. The van der Waals surface area contributed by atoms with Gasteiger partial charge in [-0.2, -0.15) is 0 Å². The number of benzene rings is 1. The Morgan fingerprint density at radius 2 is 1.88 bits per heavy atom. The molecule has 0 fully saturated rings. The molecule has 84 valence electrons. The zero-order chi connectivity index (χ0) is 11.6. The maximum atomic E-state index is 14.2. The third kappa shape index (κ3) is 0.944. The minimum absolute atomic E-state index is 0.271. The van der Waals surface area contributed by atoms with Crippen LogP contribution in [-0.4, -0.2) is 7.11 Å². The number of methoxy groups -OCH3 is 1. The Kier molecular flexibility index (Phi) is 1.64.